The Hall–Kier alpha value is -6.21. The molecule has 0 radical (unpaired) electrons. The van der Waals surface area contributed by atoms with Crippen molar-refractivity contribution in [2.45, 2.75) is 0 Å². The molecular formula is C45H28N4S2. The number of hydrogen-bond donors (Lipinski definition) is 0. The highest BCUT2D eigenvalue weighted by molar-refractivity contribution is 7.22. The summed E-state index contributed by atoms with van der Waals surface area (Å²) in [5, 5.41) is 2.05. The van der Waals surface area contributed by atoms with E-state index in [2.05, 4.69) is 150 Å². The minimum atomic E-state index is 0.922. The third-order valence-electron chi connectivity index (χ3n) is 9.28. The van der Waals surface area contributed by atoms with E-state index in [9.17, 15) is 0 Å². The topological polar surface area (TPSA) is 43.6 Å². The highest BCUT2D eigenvalue weighted by atomic mass is 32.1. The van der Waals surface area contributed by atoms with Crippen LogP contribution in [-0.4, -0.2) is 19.5 Å². The van der Waals surface area contributed by atoms with Gasteiger partial charge in [0.2, 0.25) is 0 Å². The minimum absolute atomic E-state index is 0.922. The number of rotatable bonds is 6. The van der Waals surface area contributed by atoms with Gasteiger partial charge >= 0.3 is 0 Å². The lowest BCUT2D eigenvalue weighted by atomic mass is 9.95. The number of aromatic nitrogens is 4. The number of thiazole rings is 2. The highest BCUT2D eigenvalue weighted by Crippen LogP contribution is 2.38. The quantitative estimate of drug-likeness (QED) is 0.175. The summed E-state index contributed by atoms with van der Waals surface area (Å²) in [6.45, 7) is 0. The molecule has 10 aromatic rings. The molecule has 6 heteroatoms. The minimum Gasteiger partial charge on any atom is -0.292 e. The first kappa shape index (κ1) is 29.7. The van der Waals surface area contributed by atoms with Gasteiger partial charge in [0, 0.05) is 22.4 Å². The second-order valence-corrected chi connectivity index (χ2v) is 14.6. The van der Waals surface area contributed by atoms with Crippen LogP contribution in [0.5, 0.6) is 0 Å². The molecular weight excluding hydrogens is 661 g/mol. The summed E-state index contributed by atoms with van der Waals surface area (Å²) in [4.78, 5) is 15.0. The van der Waals surface area contributed by atoms with Crippen LogP contribution < -0.4 is 0 Å². The second kappa shape index (κ2) is 12.3. The Morgan fingerprint density at radius 3 is 1.43 bits per heavy atom. The van der Waals surface area contributed by atoms with E-state index >= 15 is 0 Å². The monoisotopic (exact) mass is 688 g/mol. The Morgan fingerprint density at radius 2 is 0.824 bits per heavy atom. The average Bonchev–Trinajstić information content (AvgIpc) is 3.94. The lowest BCUT2D eigenvalue weighted by molar-refractivity contribution is 1.10. The summed E-state index contributed by atoms with van der Waals surface area (Å²) >= 11 is 3.46. The van der Waals surface area contributed by atoms with Gasteiger partial charge in [-0.1, -0.05) is 103 Å². The van der Waals surface area contributed by atoms with Gasteiger partial charge in [-0.25, -0.2) is 15.0 Å². The number of nitrogens with zero attached hydrogens (tertiary/aromatic N) is 4. The molecule has 240 valence electrons. The molecule has 10 rings (SSSR count). The molecule has 0 aliphatic heterocycles. The molecule has 0 saturated heterocycles. The van der Waals surface area contributed by atoms with Crippen LogP contribution in [0.25, 0.3) is 91.9 Å². The average molecular weight is 689 g/mol. The third kappa shape index (κ3) is 5.42. The Labute approximate surface area is 302 Å². The van der Waals surface area contributed by atoms with E-state index in [1.807, 2.05) is 24.3 Å². The maximum absolute atomic E-state index is 5.08. The predicted molar refractivity (Wildman–Crippen MR) is 215 cm³/mol. The van der Waals surface area contributed by atoms with Crippen LogP contribution >= 0.6 is 22.7 Å². The lowest BCUT2D eigenvalue weighted by Gasteiger charge is -2.12. The molecule has 51 heavy (non-hydrogen) atoms. The van der Waals surface area contributed by atoms with Crippen LogP contribution in [0.2, 0.25) is 0 Å². The lowest BCUT2D eigenvalue weighted by Crippen LogP contribution is -1.97. The number of imidazole rings is 1. The molecule has 3 aromatic heterocycles. The fourth-order valence-electron chi connectivity index (χ4n) is 6.75. The first-order valence-electron chi connectivity index (χ1n) is 16.8. The van der Waals surface area contributed by atoms with E-state index < -0.39 is 0 Å². The molecule has 0 amide bonds. The summed E-state index contributed by atoms with van der Waals surface area (Å²) in [6, 6.07) is 59.9. The van der Waals surface area contributed by atoms with Crippen molar-refractivity contribution in [2.75, 3.05) is 0 Å². The van der Waals surface area contributed by atoms with Crippen LogP contribution in [0.4, 0.5) is 0 Å². The summed E-state index contributed by atoms with van der Waals surface area (Å²) < 4.78 is 4.63. The normalized spacial score (nSPS) is 11.5. The zero-order chi connectivity index (χ0) is 33.7. The zero-order valence-corrected chi connectivity index (χ0v) is 28.9. The molecule has 0 atom stereocenters. The van der Waals surface area contributed by atoms with Gasteiger partial charge in [-0.2, -0.15) is 0 Å². The van der Waals surface area contributed by atoms with Crippen molar-refractivity contribution in [3.63, 3.8) is 0 Å². The van der Waals surface area contributed by atoms with Crippen LogP contribution in [0, 0.1) is 0 Å². The van der Waals surface area contributed by atoms with Crippen molar-refractivity contribution in [3.8, 4) is 60.5 Å². The van der Waals surface area contributed by atoms with Crippen molar-refractivity contribution >= 4 is 54.1 Å². The zero-order valence-electron chi connectivity index (χ0n) is 27.3. The van der Waals surface area contributed by atoms with Crippen molar-refractivity contribution in [1.82, 2.24) is 19.5 Å². The van der Waals surface area contributed by atoms with Gasteiger partial charge in [0.25, 0.3) is 0 Å². The standard InChI is InChI=1S/C45H28N4S2/c1-2-10-36(11-3-1)49-40-15-7-4-12-37(40)46-43(49)31-22-18-29(19-23-31)33-26-34(28-35(27-33)45-48-39-14-6-9-17-42(39)51-45)30-20-24-32(25-21-30)44-47-38-13-5-8-16-41(38)50-44/h1-28H. The Morgan fingerprint density at radius 1 is 0.353 bits per heavy atom. The van der Waals surface area contributed by atoms with E-state index in [1.165, 1.54) is 9.40 Å². The molecule has 0 unspecified atom stereocenters. The molecule has 3 heterocycles. The van der Waals surface area contributed by atoms with Crippen LogP contribution in [0.1, 0.15) is 0 Å². The van der Waals surface area contributed by atoms with Crippen molar-refractivity contribution in [3.05, 3.63) is 170 Å². The second-order valence-electron chi connectivity index (χ2n) is 12.5. The molecule has 0 aliphatic rings. The van der Waals surface area contributed by atoms with Crippen molar-refractivity contribution in [1.29, 1.82) is 0 Å². The Kier molecular flexibility index (Phi) is 7.15. The van der Waals surface area contributed by atoms with E-state index in [1.54, 1.807) is 22.7 Å². The molecule has 0 N–H and O–H groups in total. The fourth-order valence-corrected chi connectivity index (χ4v) is 8.67. The molecule has 0 saturated carbocycles. The number of para-hydroxylation sites is 5. The van der Waals surface area contributed by atoms with Crippen molar-refractivity contribution < 1.29 is 0 Å². The molecule has 7 aromatic carbocycles. The predicted octanol–water partition coefficient (Wildman–Crippen LogP) is 12.6. The van der Waals surface area contributed by atoms with Gasteiger partial charge in [-0.05, 0) is 89.0 Å². The molecule has 0 spiro atoms. The largest absolute Gasteiger partial charge is 0.292 e. The van der Waals surface area contributed by atoms with Crippen LogP contribution in [0.15, 0.2) is 170 Å². The molecule has 0 fully saturated rings. The maximum atomic E-state index is 5.08. The Balaban J connectivity index is 1.06. The van der Waals surface area contributed by atoms with Gasteiger partial charge in [0.15, 0.2) is 0 Å². The van der Waals surface area contributed by atoms with E-state index in [-0.39, 0.29) is 0 Å². The summed E-state index contributed by atoms with van der Waals surface area (Å²) in [6.07, 6.45) is 0. The number of hydrogen-bond acceptors (Lipinski definition) is 5. The smallest absolute Gasteiger partial charge is 0.145 e. The van der Waals surface area contributed by atoms with Gasteiger partial charge in [0.05, 0.1) is 31.5 Å². The van der Waals surface area contributed by atoms with Gasteiger partial charge in [0.1, 0.15) is 15.8 Å². The summed E-state index contributed by atoms with van der Waals surface area (Å²) in [5.74, 6) is 0.922. The van der Waals surface area contributed by atoms with E-state index in [0.29, 0.717) is 0 Å². The van der Waals surface area contributed by atoms with E-state index in [4.69, 9.17) is 15.0 Å². The number of fused-ring (bicyclic) bond motifs is 3. The third-order valence-corrected chi connectivity index (χ3v) is 11.5. The van der Waals surface area contributed by atoms with Crippen LogP contribution in [0.3, 0.4) is 0 Å². The highest BCUT2D eigenvalue weighted by Gasteiger charge is 2.16. The fraction of sp³-hybridized carbons (Fsp3) is 0. The van der Waals surface area contributed by atoms with Gasteiger partial charge < -0.3 is 0 Å². The first-order valence-corrected chi connectivity index (χ1v) is 18.5. The molecule has 4 nitrogen and oxygen atoms in total. The maximum Gasteiger partial charge on any atom is 0.145 e. The van der Waals surface area contributed by atoms with Crippen molar-refractivity contribution in [2.24, 2.45) is 0 Å². The number of benzene rings is 7. The molecule has 0 bridgehead atoms. The van der Waals surface area contributed by atoms with Gasteiger partial charge in [-0.3, -0.25) is 4.57 Å². The van der Waals surface area contributed by atoms with E-state index in [0.717, 1.165) is 82.5 Å². The molecule has 0 aliphatic carbocycles. The Bertz CT molecular complexity index is 2780. The summed E-state index contributed by atoms with van der Waals surface area (Å²) in [7, 11) is 0. The summed E-state index contributed by atoms with van der Waals surface area (Å²) in [5.41, 5.74) is 13.1. The SMILES string of the molecule is c1ccc(-n2c(-c3ccc(-c4cc(-c5ccc(-c6nc7ccccc7s6)cc5)cc(-c5nc6ccccc6s5)c4)cc3)nc3ccccc32)cc1. The first-order chi connectivity index (χ1) is 25.2. The van der Waals surface area contributed by atoms with Crippen LogP contribution in [-0.2, 0) is 0 Å². The van der Waals surface area contributed by atoms with Gasteiger partial charge in [-0.15, -0.1) is 22.7 Å².